The van der Waals surface area contributed by atoms with Crippen LogP contribution in [0.4, 0.5) is 23.7 Å². The highest BCUT2D eigenvalue weighted by molar-refractivity contribution is 8.27. The number of amides is 1. The second-order valence-corrected chi connectivity index (χ2v) is 11.0. The smallest absolute Gasteiger partial charge is 0.406 e. The lowest BCUT2D eigenvalue weighted by atomic mass is 9.63. The Morgan fingerprint density at radius 3 is 2.09 bits per heavy atom. The first-order valence-corrected chi connectivity index (χ1v) is 11.8. The maximum Gasteiger partial charge on any atom is 0.573 e. The second kappa shape index (κ2) is 8.18. The van der Waals surface area contributed by atoms with Gasteiger partial charge in [0.05, 0.1) is 5.69 Å². The number of rotatable bonds is 3. The number of ether oxygens (including phenoxy) is 1. The van der Waals surface area contributed by atoms with E-state index in [0.717, 1.165) is 24.0 Å². The van der Waals surface area contributed by atoms with E-state index in [0.29, 0.717) is 23.0 Å². The van der Waals surface area contributed by atoms with Crippen molar-refractivity contribution in [3.05, 3.63) is 64.3 Å². The van der Waals surface area contributed by atoms with Gasteiger partial charge in [-0.1, -0.05) is 45.9 Å². The predicted octanol–water partition coefficient (Wildman–Crippen LogP) is 7.48. The minimum Gasteiger partial charge on any atom is -0.406 e. The Bertz CT molecular complexity index is 1200. The number of hydrogen-bond donors (Lipinski definition) is 0. The third-order valence-corrected chi connectivity index (χ3v) is 7.39. The zero-order chi connectivity index (χ0) is 25.1. The third kappa shape index (κ3) is 4.60. The molecule has 1 aliphatic carbocycles. The van der Waals surface area contributed by atoms with Crippen molar-refractivity contribution >= 4 is 33.9 Å². The number of anilines is 1. The Balaban J connectivity index is 1.77. The van der Waals surface area contributed by atoms with Crippen molar-refractivity contribution in [3.8, 4) is 5.75 Å². The van der Waals surface area contributed by atoms with Crippen LogP contribution in [-0.2, 0) is 15.6 Å². The highest BCUT2D eigenvalue weighted by Crippen LogP contribution is 2.49. The Morgan fingerprint density at radius 1 is 0.971 bits per heavy atom. The predicted molar refractivity (Wildman–Crippen MR) is 128 cm³/mol. The average molecular weight is 490 g/mol. The lowest BCUT2D eigenvalue weighted by Gasteiger charge is -2.42. The molecule has 2 aromatic rings. The van der Waals surface area contributed by atoms with Gasteiger partial charge >= 0.3 is 6.36 Å². The Hall–Kier alpha value is -2.74. The highest BCUT2D eigenvalue weighted by Gasteiger charge is 2.41. The van der Waals surface area contributed by atoms with E-state index < -0.39 is 16.7 Å². The van der Waals surface area contributed by atoms with Gasteiger partial charge in [0.1, 0.15) is 11.4 Å². The molecule has 34 heavy (non-hydrogen) atoms. The van der Waals surface area contributed by atoms with E-state index in [2.05, 4.69) is 38.5 Å². The number of hydrogen-bond acceptors (Lipinski definition) is 4. The molecule has 1 aliphatic heterocycles. The van der Waals surface area contributed by atoms with Crippen LogP contribution in [0.2, 0.25) is 0 Å². The fraction of sp³-hybridized carbons (Fsp3) is 0.385. The molecule has 1 saturated heterocycles. The van der Waals surface area contributed by atoms with Crippen molar-refractivity contribution in [1.82, 2.24) is 0 Å². The van der Waals surface area contributed by atoms with Crippen molar-refractivity contribution < 1.29 is 27.5 Å². The van der Waals surface area contributed by atoms with E-state index in [4.69, 9.17) is 0 Å². The van der Waals surface area contributed by atoms with E-state index in [1.165, 1.54) is 40.8 Å². The number of thioether (sulfide) groups is 1. The van der Waals surface area contributed by atoms with Crippen LogP contribution in [-0.4, -0.2) is 16.7 Å². The van der Waals surface area contributed by atoms with Crippen LogP contribution in [0.25, 0.3) is 6.08 Å². The summed E-state index contributed by atoms with van der Waals surface area (Å²) in [5.74, 6) is -0.356. The average Bonchev–Trinajstić information content (AvgIpc) is 2.99. The number of aryl methyl sites for hydroxylation is 1. The van der Waals surface area contributed by atoms with Gasteiger partial charge in [-0.3, -0.25) is 14.5 Å². The summed E-state index contributed by atoms with van der Waals surface area (Å²) in [5.41, 5.74) is 4.53. The number of carbonyl (C=O) groups is 2. The summed E-state index contributed by atoms with van der Waals surface area (Å²) >= 11 is 0.614. The molecule has 8 heteroatoms. The van der Waals surface area contributed by atoms with Gasteiger partial charge in [0.2, 0.25) is 5.12 Å². The number of alkyl halides is 3. The van der Waals surface area contributed by atoms with Crippen molar-refractivity contribution in [2.75, 3.05) is 4.90 Å². The molecule has 2 aliphatic rings. The Morgan fingerprint density at radius 2 is 1.53 bits per heavy atom. The highest BCUT2D eigenvalue weighted by atomic mass is 32.2. The van der Waals surface area contributed by atoms with Gasteiger partial charge in [-0.2, -0.15) is 0 Å². The van der Waals surface area contributed by atoms with Crippen LogP contribution in [0, 0.1) is 6.92 Å². The van der Waals surface area contributed by atoms with E-state index >= 15 is 0 Å². The van der Waals surface area contributed by atoms with Crippen LogP contribution >= 0.6 is 11.8 Å². The molecular weight excluding hydrogens is 463 g/mol. The fourth-order valence-electron chi connectivity index (χ4n) is 4.59. The summed E-state index contributed by atoms with van der Waals surface area (Å²) in [7, 11) is 0. The molecule has 0 radical (unpaired) electrons. The van der Waals surface area contributed by atoms with Crippen molar-refractivity contribution in [2.24, 2.45) is 0 Å². The number of nitrogens with zero attached hydrogens (tertiary/aromatic N) is 1. The molecule has 4 nitrogen and oxygen atoms in total. The number of benzene rings is 2. The first kappa shape index (κ1) is 24.4. The zero-order valence-corrected chi connectivity index (χ0v) is 20.5. The minimum atomic E-state index is -4.78. The van der Waals surface area contributed by atoms with Gasteiger partial charge in [0, 0.05) is 11.8 Å². The van der Waals surface area contributed by atoms with Gasteiger partial charge in [0.25, 0.3) is 5.24 Å². The van der Waals surface area contributed by atoms with Gasteiger partial charge in [-0.05, 0) is 77.1 Å². The van der Waals surface area contributed by atoms with E-state index in [1.807, 2.05) is 13.0 Å². The van der Waals surface area contributed by atoms with Gasteiger partial charge in [0.15, 0.2) is 0 Å². The maximum atomic E-state index is 12.9. The maximum absolute atomic E-state index is 12.9. The molecule has 0 aromatic heterocycles. The number of halogens is 3. The Kier molecular flexibility index (Phi) is 5.87. The molecule has 0 unspecified atom stereocenters. The van der Waals surface area contributed by atoms with Crippen molar-refractivity contribution in [3.63, 3.8) is 0 Å². The summed E-state index contributed by atoms with van der Waals surface area (Å²) < 4.78 is 41.2. The minimum absolute atomic E-state index is 0.00658. The largest absolute Gasteiger partial charge is 0.573 e. The summed E-state index contributed by atoms with van der Waals surface area (Å²) in [5, 5.41) is -0.804. The molecule has 4 rings (SSSR count). The van der Waals surface area contributed by atoms with E-state index in [-0.39, 0.29) is 22.3 Å². The van der Waals surface area contributed by atoms with Gasteiger partial charge < -0.3 is 4.74 Å². The van der Waals surface area contributed by atoms with Crippen LogP contribution in [0.3, 0.4) is 0 Å². The van der Waals surface area contributed by atoms with Crippen molar-refractivity contribution in [2.45, 2.75) is 64.7 Å². The van der Waals surface area contributed by atoms with Crippen LogP contribution < -0.4 is 9.64 Å². The number of fused-ring (bicyclic) bond motifs is 1. The molecule has 1 heterocycles. The molecule has 1 amide bonds. The standard InChI is InChI=1S/C26H26F3NO3S/c1-15-12-18-19(25(4,5)11-10-24(18,2)3)14-20(15)30-21(22(31)34-23(30)32)13-16-6-8-17(9-7-16)33-26(27,28)29/h6-9,12-14H,10-11H2,1-5H3. The SMILES string of the molecule is Cc1cc2c(cc1N1C(=O)SC(=O)C1=Cc1ccc(OC(F)(F)F)cc1)C(C)(C)CCC2(C)C. The van der Waals surface area contributed by atoms with Crippen molar-refractivity contribution in [1.29, 1.82) is 0 Å². The molecule has 0 N–H and O–H groups in total. The molecule has 1 fully saturated rings. The quantitative estimate of drug-likeness (QED) is 0.419. The molecule has 0 atom stereocenters. The lowest BCUT2D eigenvalue weighted by molar-refractivity contribution is -0.274. The van der Waals surface area contributed by atoms with Crippen LogP contribution in [0.15, 0.2) is 42.1 Å². The first-order chi connectivity index (χ1) is 15.7. The third-order valence-electron chi connectivity index (χ3n) is 6.64. The van der Waals surface area contributed by atoms with Crippen LogP contribution in [0.1, 0.15) is 62.8 Å². The molecule has 0 saturated carbocycles. The molecule has 2 aromatic carbocycles. The topological polar surface area (TPSA) is 46.6 Å². The van der Waals surface area contributed by atoms with Gasteiger partial charge in [-0.15, -0.1) is 13.2 Å². The molecular formula is C26H26F3NO3S. The van der Waals surface area contributed by atoms with Gasteiger partial charge in [-0.25, -0.2) is 0 Å². The number of carbonyl (C=O) groups excluding carboxylic acids is 2. The Labute approximate surface area is 201 Å². The second-order valence-electron chi connectivity index (χ2n) is 10.1. The van der Waals surface area contributed by atoms with Crippen LogP contribution in [0.5, 0.6) is 5.75 Å². The summed E-state index contributed by atoms with van der Waals surface area (Å²) in [4.78, 5) is 27.0. The summed E-state index contributed by atoms with van der Waals surface area (Å²) in [6.07, 6.45) is -1.20. The normalized spacial score (nSPS) is 20.6. The molecule has 0 bridgehead atoms. The van der Waals surface area contributed by atoms with E-state index in [9.17, 15) is 22.8 Å². The van der Waals surface area contributed by atoms with E-state index in [1.54, 1.807) is 0 Å². The monoisotopic (exact) mass is 489 g/mol. The zero-order valence-electron chi connectivity index (χ0n) is 19.7. The summed E-state index contributed by atoms with van der Waals surface area (Å²) in [6.45, 7) is 10.7. The summed E-state index contributed by atoms with van der Waals surface area (Å²) in [6, 6.07) is 9.32. The molecule has 0 spiro atoms. The lowest BCUT2D eigenvalue weighted by Crippen LogP contribution is -2.34. The fourth-order valence-corrected chi connectivity index (χ4v) is 5.30. The first-order valence-electron chi connectivity index (χ1n) is 11.0. The molecule has 180 valence electrons.